The van der Waals surface area contributed by atoms with Crippen molar-refractivity contribution in [1.82, 2.24) is 24.9 Å². The summed E-state index contributed by atoms with van der Waals surface area (Å²) < 4.78 is 13.3. The fourth-order valence-corrected chi connectivity index (χ4v) is 3.22. The van der Waals surface area contributed by atoms with Gasteiger partial charge in [-0.2, -0.15) is 10.2 Å². The molecule has 1 N–H and O–H groups in total. The van der Waals surface area contributed by atoms with E-state index in [0.29, 0.717) is 29.4 Å². The topological polar surface area (TPSA) is 85.3 Å². The van der Waals surface area contributed by atoms with Gasteiger partial charge in [0.05, 0.1) is 28.6 Å². The molecule has 2 aromatic heterocycles. The summed E-state index contributed by atoms with van der Waals surface area (Å²) in [6, 6.07) is 7.30. The van der Waals surface area contributed by atoms with E-state index in [1.807, 2.05) is 25.2 Å². The number of aromatic nitrogens is 4. The lowest BCUT2D eigenvalue weighted by atomic mass is 10.1. The van der Waals surface area contributed by atoms with Crippen LogP contribution in [0, 0.1) is 0 Å². The van der Waals surface area contributed by atoms with Gasteiger partial charge in [0.15, 0.2) is 11.5 Å². The zero-order chi connectivity index (χ0) is 18.3. The number of carbonyl (C=O) groups excluding carboxylic acids is 1. The SMILES string of the molecule is CN(Cc1c(Br)cnn1C)C(=O)c1cc(-c2ccc3c(c2)OCO3)n[nH]1. The summed E-state index contributed by atoms with van der Waals surface area (Å²) in [6.07, 6.45) is 1.71. The summed E-state index contributed by atoms with van der Waals surface area (Å²) in [4.78, 5) is 14.3. The van der Waals surface area contributed by atoms with Crippen LogP contribution in [0.25, 0.3) is 11.3 Å². The van der Waals surface area contributed by atoms with Crippen LogP contribution >= 0.6 is 15.9 Å². The summed E-state index contributed by atoms with van der Waals surface area (Å²) in [6.45, 7) is 0.645. The number of aromatic amines is 1. The highest BCUT2D eigenvalue weighted by Gasteiger charge is 2.19. The molecule has 0 bridgehead atoms. The Morgan fingerprint density at radius 3 is 2.92 bits per heavy atom. The van der Waals surface area contributed by atoms with Gasteiger partial charge >= 0.3 is 0 Å². The Morgan fingerprint density at radius 2 is 2.15 bits per heavy atom. The van der Waals surface area contributed by atoms with E-state index < -0.39 is 0 Å². The highest BCUT2D eigenvalue weighted by molar-refractivity contribution is 9.10. The maximum absolute atomic E-state index is 12.7. The van der Waals surface area contributed by atoms with Gasteiger partial charge in [0, 0.05) is 19.7 Å². The van der Waals surface area contributed by atoms with Crippen LogP contribution in [0.4, 0.5) is 0 Å². The average molecular weight is 418 g/mol. The smallest absolute Gasteiger partial charge is 0.271 e. The summed E-state index contributed by atoms with van der Waals surface area (Å²) in [5, 5.41) is 11.2. The number of fused-ring (bicyclic) bond motifs is 1. The quantitative estimate of drug-likeness (QED) is 0.704. The Labute approximate surface area is 157 Å². The zero-order valence-electron chi connectivity index (χ0n) is 14.2. The second-order valence-electron chi connectivity index (χ2n) is 5.96. The molecule has 0 spiro atoms. The van der Waals surface area contributed by atoms with Crippen molar-refractivity contribution in [3.05, 3.63) is 46.3 Å². The first kappa shape index (κ1) is 16.6. The molecule has 0 saturated carbocycles. The highest BCUT2D eigenvalue weighted by Crippen LogP contribution is 2.35. The standard InChI is InChI=1S/C17H16BrN5O3/c1-22(8-14-11(18)7-19-23(14)2)17(24)13-6-12(20-21-13)10-3-4-15-16(5-10)26-9-25-15/h3-7H,8-9H2,1-2H3,(H,20,21). The van der Waals surface area contributed by atoms with Crippen LogP contribution in [0.5, 0.6) is 11.5 Å². The summed E-state index contributed by atoms with van der Waals surface area (Å²) >= 11 is 3.45. The van der Waals surface area contributed by atoms with Crippen molar-refractivity contribution in [3.63, 3.8) is 0 Å². The maximum atomic E-state index is 12.7. The minimum Gasteiger partial charge on any atom is -0.454 e. The van der Waals surface area contributed by atoms with E-state index in [-0.39, 0.29) is 12.7 Å². The van der Waals surface area contributed by atoms with Crippen LogP contribution < -0.4 is 9.47 Å². The van der Waals surface area contributed by atoms with Gasteiger partial charge in [0.1, 0.15) is 5.69 Å². The van der Waals surface area contributed by atoms with E-state index >= 15 is 0 Å². The van der Waals surface area contributed by atoms with Crippen LogP contribution in [0.1, 0.15) is 16.2 Å². The first-order valence-corrected chi connectivity index (χ1v) is 8.69. The number of amides is 1. The molecule has 0 atom stereocenters. The lowest BCUT2D eigenvalue weighted by Gasteiger charge is -2.16. The van der Waals surface area contributed by atoms with Crippen LogP contribution in [0.15, 0.2) is 34.9 Å². The summed E-state index contributed by atoms with van der Waals surface area (Å²) in [5.41, 5.74) is 2.85. The monoisotopic (exact) mass is 417 g/mol. The van der Waals surface area contributed by atoms with Crippen molar-refractivity contribution in [2.75, 3.05) is 13.8 Å². The van der Waals surface area contributed by atoms with Gasteiger partial charge in [0.2, 0.25) is 6.79 Å². The van der Waals surface area contributed by atoms with E-state index in [4.69, 9.17) is 9.47 Å². The van der Waals surface area contributed by atoms with Crippen LogP contribution in [-0.4, -0.2) is 44.6 Å². The molecule has 3 heterocycles. The normalized spacial score (nSPS) is 12.4. The molecule has 0 unspecified atom stereocenters. The molecule has 0 aliphatic carbocycles. The van der Waals surface area contributed by atoms with Gasteiger partial charge in [-0.25, -0.2) is 0 Å². The van der Waals surface area contributed by atoms with Crippen molar-refractivity contribution in [1.29, 1.82) is 0 Å². The van der Waals surface area contributed by atoms with E-state index in [1.165, 1.54) is 0 Å². The number of halogens is 1. The van der Waals surface area contributed by atoms with Crippen molar-refractivity contribution < 1.29 is 14.3 Å². The predicted molar refractivity (Wildman–Crippen MR) is 96.9 cm³/mol. The highest BCUT2D eigenvalue weighted by atomic mass is 79.9. The third-order valence-electron chi connectivity index (χ3n) is 4.22. The third-order valence-corrected chi connectivity index (χ3v) is 4.88. The second kappa shape index (κ2) is 6.49. The number of nitrogens with zero attached hydrogens (tertiary/aromatic N) is 4. The van der Waals surface area contributed by atoms with Crippen molar-refractivity contribution in [2.24, 2.45) is 7.05 Å². The average Bonchev–Trinajstić information content (AvgIpc) is 3.36. The van der Waals surface area contributed by atoms with Crippen molar-refractivity contribution in [2.45, 2.75) is 6.54 Å². The molecule has 4 rings (SSSR count). The number of hydrogen-bond donors (Lipinski definition) is 1. The van der Waals surface area contributed by atoms with E-state index in [2.05, 4.69) is 31.2 Å². The van der Waals surface area contributed by atoms with Crippen LogP contribution in [0.3, 0.4) is 0 Å². The molecule has 0 fully saturated rings. The Balaban J connectivity index is 1.53. The lowest BCUT2D eigenvalue weighted by molar-refractivity contribution is 0.0776. The molecule has 26 heavy (non-hydrogen) atoms. The minimum absolute atomic E-state index is 0.155. The molecule has 1 amide bonds. The van der Waals surface area contributed by atoms with E-state index in [9.17, 15) is 4.79 Å². The molecule has 1 aromatic carbocycles. The fraction of sp³-hybridized carbons (Fsp3) is 0.235. The fourth-order valence-electron chi connectivity index (χ4n) is 2.75. The second-order valence-corrected chi connectivity index (χ2v) is 6.81. The molecular weight excluding hydrogens is 402 g/mol. The molecule has 1 aliphatic rings. The van der Waals surface area contributed by atoms with Crippen molar-refractivity contribution >= 4 is 21.8 Å². The molecule has 3 aromatic rings. The number of rotatable bonds is 4. The van der Waals surface area contributed by atoms with Gasteiger partial charge in [0.25, 0.3) is 5.91 Å². The maximum Gasteiger partial charge on any atom is 0.271 e. The largest absolute Gasteiger partial charge is 0.454 e. The van der Waals surface area contributed by atoms with Crippen LogP contribution in [0.2, 0.25) is 0 Å². The Hall–Kier alpha value is -2.81. The first-order valence-electron chi connectivity index (χ1n) is 7.90. The Kier molecular flexibility index (Phi) is 4.15. The van der Waals surface area contributed by atoms with Gasteiger partial charge in [-0.1, -0.05) is 0 Å². The van der Waals surface area contributed by atoms with Crippen LogP contribution in [-0.2, 0) is 13.6 Å². The van der Waals surface area contributed by atoms with Crippen molar-refractivity contribution in [3.8, 4) is 22.8 Å². The number of nitrogens with one attached hydrogen (secondary N) is 1. The third kappa shape index (κ3) is 2.94. The molecular formula is C17H16BrN5O3. The first-order chi connectivity index (χ1) is 12.5. The minimum atomic E-state index is -0.155. The molecule has 0 radical (unpaired) electrons. The van der Waals surface area contributed by atoms with Gasteiger partial charge in [-0.15, -0.1) is 0 Å². The Morgan fingerprint density at radius 1 is 1.35 bits per heavy atom. The number of carbonyl (C=O) groups is 1. The number of aryl methyl sites for hydroxylation is 1. The predicted octanol–water partition coefficient (Wildman–Crippen LogP) is 2.57. The number of benzene rings is 1. The van der Waals surface area contributed by atoms with E-state index in [1.54, 1.807) is 28.9 Å². The Bertz CT molecular complexity index is 961. The molecule has 0 saturated heterocycles. The molecule has 1 aliphatic heterocycles. The molecule has 8 nitrogen and oxygen atoms in total. The number of H-pyrrole nitrogens is 1. The summed E-state index contributed by atoms with van der Waals surface area (Å²) in [5.74, 6) is 1.23. The summed E-state index contributed by atoms with van der Waals surface area (Å²) in [7, 11) is 3.58. The van der Waals surface area contributed by atoms with Gasteiger partial charge in [-0.3, -0.25) is 14.6 Å². The number of ether oxygens (including phenoxy) is 2. The van der Waals surface area contributed by atoms with E-state index in [0.717, 1.165) is 15.7 Å². The van der Waals surface area contributed by atoms with Gasteiger partial charge in [-0.05, 0) is 40.2 Å². The lowest BCUT2D eigenvalue weighted by Crippen LogP contribution is -2.27. The van der Waals surface area contributed by atoms with Gasteiger partial charge < -0.3 is 14.4 Å². The zero-order valence-corrected chi connectivity index (χ0v) is 15.8. The number of hydrogen-bond acceptors (Lipinski definition) is 5. The molecule has 134 valence electrons. The molecule has 9 heteroatoms.